The van der Waals surface area contributed by atoms with Crippen LogP contribution in [-0.2, 0) is 32.3 Å². The highest BCUT2D eigenvalue weighted by atomic mass is 35.5. The summed E-state index contributed by atoms with van der Waals surface area (Å²) >= 11 is 18.1. The summed E-state index contributed by atoms with van der Waals surface area (Å²) in [5, 5.41) is 2.55. The van der Waals surface area contributed by atoms with Gasteiger partial charge in [-0.2, -0.15) is 13.2 Å². The van der Waals surface area contributed by atoms with Crippen LogP contribution in [-0.4, -0.2) is 44.3 Å². The molecule has 0 radical (unpaired) electrons. The highest BCUT2D eigenvalue weighted by molar-refractivity contribution is 7.92. The van der Waals surface area contributed by atoms with Crippen LogP contribution in [0.25, 0.3) is 0 Å². The van der Waals surface area contributed by atoms with E-state index < -0.39 is 56.9 Å². The summed E-state index contributed by atoms with van der Waals surface area (Å²) in [5.74, 6) is -1.36. The van der Waals surface area contributed by atoms with Gasteiger partial charge in [-0.05, 0) is 61.4 Å². The van der Waals surface area contributed by atoms with Crippen LogP contribution in [0.3, 0.4) is 0 Å². The number of sulfonamides is 1. The second-order valence-electron chi connectivity index (χ2n) is 9.06. The van der Waals surface area contributed by atoms with Crippen molar-refractivity contribution in [2.45, 2.75) is 43.9 Å². The zero-order chi connectivity index (χ0) is 31.2. The fourth-order valence-corrected chi connectivity index (χ4v) is 6.30. The lowest BCUT2D eigenvalue weighted by Crippen LogP contribution is -2.52. The number of alkyl halides is 3. The van der Waals surface area contributed by atoms with E-state index in [1.807, 2.05) is 0 Å². The van der Waals surface area contributed by atoms with Crippen molar-refractivity contribution >= 4 is 62.3 Å². The zero-order valence-electron chi connectivity index (χ0n) is 22.5. The summed E-state index contributed by atoms with van der Waals surface area (Å²) in [6, 6.07) is 13.0. The molecule has 0 unspecified atom stereocenters. The van der Waals surface area contributed by atoms with Crippen LogP contribution >= 0.6 is 34.8 Å². The second kappa shape index (κ2) is 14.0. The maximum absolute atomic E-state index is 14.0. The lowest BCUT2D eigenvalue weighted by molar-refractivity contribution is -0.140. The van der Waals surface area contributed by atoms with Crippen LogP contribution in [0.5, 0.6) is 0 Å². The summed E-state index contributed by atoms with van der Waals surface area (Å²) in [6.07, 6.45) is -4.75. The molecule has 1 N–H and O–H groups in total. The molecule has 0 aliphatic rings. The molecule has 3 aromatic rings. The smallest absolute Gasteiger partial charge is 0.355 e. The van der Waals surface area contributed by atoms with Gasteiger partial charge in [-0.25, -0.2) is 8.42 Å². The van der Waals surface area contributed by atoms with Crippen LogP contribution in [0, 0.1) is 0 Å². The molecule has 226 valence electrons. The highest BCUT2D eigenvalue weighted by Crippen LogP contribution is 2.38. The van der Waals surface area contributed by atoms with Gasteiger partial charge in [0.25, 0.3) is 10.0 Å². The molecule has 0 bridgehead atoms. The Morgan fingerprint density at radius 1 is 0.929 bits per heavy atom. The number of hydrogen-bond donors (Lipinski definition) is 1. The molecule has 0 saturated carbocycles. The predicted octanol–water partition coefficient (Wildman–Crippen LogP) is 6.80. The Hall–Kier alpha value is -2.99. The molecule has 0 aliphatic carbocycles. The van der Waals surface area contributed by atoms with Crippen molar-refractivity contribution < 1.29 is 31.2 Å². The third kappa shape index (κ3) is 7.89. The first kappa shape index (κ1) is 33.5. The van der Waals surface area contributed by atoms with Crippen LogP contribution in [0.2, 0.25) is 15.1 Å². The van der Waals surface area contributed by atoms with E-state index in [-0.39, 0.29) is 29.4 Å². The number of hydrogen-bond acceptors (Lipinski definition) is 4. The van der Waals surface area contributed by atoms with E-state index in [0.29, 0.717) is 21.0 Å². The van der Waals surface area contributed by atoms with E-state index in [4.69, 9.17) is 34.8 Å². The van der Waals surface area contributed by atoms with Crippen molar-refractivity contribution in [3.8, 4) is 0 Å². The molecule has 3 rings (SSSR count). The van der Waals surface area contributed by atoms with E-state index in [9.17, 15) is 31.2 Å². The molecule has 42 heavy (non-hydrogen) atoms. The maximum atomic E-state index is 14.0. The lowest BCUT2D eigenvalue weighted by atomic mass is 10.1. The highest BCUT2D eigenvalue weighted by Gasteiger charge is 2.37. The molecule has 0 saturated heterocycles. The van der Waals surface area contributed by atoms with Crippen molar-refractivity contribution in [3.05, 3.63) is 92.9 Å². The van der Waals surface area contributed by atoms with Gasteiger partial charge in [0.1, 0.15) is 12.6 Å². The maximum Gasteiger partial charge on any atom is 0.417 e. The third-order valence-electron chi connectivity index (χ3n) is 6.25. The fraction of sp³-hybridized carbons (Fsp3) is 0.286. The number of nitrogens with zero attached hydrogens (tertiary/aromatic N) is 2. The molecule has 3 aromatic carbocycles. The summed E-state index contributed by atoms with van der Waals surface area (Å²) in [4.78, 5) is 27.8. The lowest BCUT2D eigenvalue weighted by Gasteiger charge is -2.33. The number of anilines is 1. The molecule has 0 aromatic heterocycles. The number of benzene rings is 3. The van der Waals surface area contributed by atoms with Crippen LogP contribution in [0.1, 0.15) is 31.4 Å². The van der Waals surface area contributed by atoms with Crippen molar-refractivity contribution in [3.63, 3.8) is 0 Å². The summed E-state index contributed by atoms with van der Waals surface area (Å²) < 4.78 is 69.3. The van der Waals surface area contributed by atoms with E-state index in [1.54, 1.807) is 26.0 Å². The van der Waals surface area contributed by atoms with Crippen molar-refractivity contribution in [2.24, 2.45) is 0 Å². The van der Waals surface area contributed by atoms with Crippen LogP contribution in [0.15, 0.2) is 71.6 Å². The summed E-state index contributed by atoms with van der Waals surface area (Å²) in [6.45, 7) is 2.48. The quantitative estimate of drug-likeness (QED) is 0.244. The van der Waals surface area contributed by atoms with Gasteiger partial charge in [0, 0.05) is 23.1 Å². The fourth-order valence-electron chi connectivity index (χ4n) is 4.18. The summed E-state index contributed by atoms with van der Waals surface area (Å²) in [5.41, 5.74) is -1.30. The molecule has 7 nitrogen and oxygen atoms in total. The number of likely N-dealkylation sites (N-methyl/N-ethyl adjacent to an activating group) is 1. The first-order valence-corrected chi connectivity index (χ1v) is 15.2. The number of rotatable bonds is 11. The molecule has 0 aliphatic heterocycles. The van der Waals surface area contributed by atoms with E-state index in [0.717, 1.165) is 17.0 Å². The number of carbonyl (C=O) groups is 2. The Balaban J connectivity index is 2.16. The average molecular weight is 665 g/mol. The van der Waals surface area contributed by atoms with Gasteiger partial charge in [-0.1, -0.05) is 66.0 Å². The second-order valence-corrected chi connectivity index (χ2v) is 12.2. The van der Waals surface area contributed by atoms with Gasteiger partial charge >= 0.3 is 6.18 Å². The van der Waals surface area contributed by atoms with Crippen molar-refractivity contribution in [2.75, 3.05) is 17.4 Å². The standard InChI is InChI=1S/C28H27Cl3F3N3O4S/c1-3-25(27(39)35-4-2)36(16-18-10-11-19(29)14-24(18)31)26(38)17-37(42(40,41)21-8-6-5-7-9-21)20-12-13-23(30)22(15-20)28(32,33)34/h5-15,25H,3-4,16-17H2,1-2H3,(H,35,39)/t25-/m1/s1. The number of carbonyl (C=O) groups excluding carboxylic acids is 2. The molecular weight excluding hydrogens is 638 g/mol. The van der Waals surface area contributed by atoms with E-state index in [1.165, 1.54) is 36.4 Å². The Morgan fingerprint density at radius 2 is 1.60 bits per heavy atom. The average Bonchev–Trinajstić information content (AvgIpc) is 2.93. The topological polar surface area (TPSA) is 86.8 Å². The number of nitrogens with one attached hydrogen (secondary N) is 1. The molecule has 2 amide bonds. The zero-order valence-corrected chi connectivity index (χ0v) is 25.5. The normalized spacial score (nSPS) is 12.5. The largest absolute Gasteiger partial charge is 0.417 e. The minimum absolute atomic E-state index is 0.146. The SMILES string of the molecule is CCNC(=O)[C@@H](CC)N(Cc1ccc(Cl)cc1Cl)C(=O)CN(c1ccc(Cl)c(C(F)(F)F)c1)S(=O)(=O)c1ccccc1. The Bertz CT molecular complexity index is 1540. The van der Waals surface area contributed by atoms with Crippen LogP contribution in [0.4, 0.5) is 18.9 Å². The molecule has 0 fully saturated rings. The minimum atomic E-state index is -4.90. The first-order chi connectivity index (χ1) is 19.7. The van der Waals surface area contributed by atoms with E-state index in [2.05, 4.69) is 5.32 Å². The Morgan fingerprint density at radius 3 is 2.17 bits per heavy atom. The first-order valence-electron chi connectivity index (χ1n) is 12.7. The van der Waals surface area contributed by atoms with Gasteiger partial charge < -0.3 is 10.2 Å². The molecule has 0 heterocycles. The van der Waals surface area contributed by atoms with Crippen molar-refractivity contribution in [1.29, 1.82) is 0 Å². The molecule has 1 atom stereocenters. The molecule has 14 heteroatoms. The van der Waals surface area contributed by atoms with Gasteiger partial charge in [-0.15, -0.1) is 0 Å². The van der Waals surface area contributed by atoms with Crippen LogP contribution < -0.4 is 9.62 Å². The summed E-state index contributed by atoms with van der Waals surface area (Å²) in [7, 11) is -4.58. The molecule has 0 spiro atoms. The third-order valence-corrected chi connectivity index (χ3v) is 8.95. The molecular formula is C28H27Cl3F3N3O4S. The Labute approximate surface area is 257 Å². The van der Waals surface area contributed by atoms with E-state index >= 15 is 0 Å². The number of amides is 2. The number of halogens is 6. The Kier molecular flexibility index (Phi) is 11.2. The van der Waals surface area contributed by atoms with Gasteiger partial charge in [-0.3, -0.25) is 13.9 Å². The van der Waals surface area contributed by atoms with Gasteiger partial charge in [0.15, 0.2) is 0 Å². The van der Waals surface area contributed by atoms with Crippen molar-refractivity contribution in [1.82, 2.24) is 10.2 Å². The minimum Gasteiger partial charge on any atom is -0.355 e. The predicted molar refractivity (Wildman–Crippen MR) is 157 cm³/mol. The van der Waals surface area contributed by atoms with Gasteiger partial charge in [0.2, 0.25) is 11.8 Å². The van der Waals surface area contributed by atoms with Gasteiger partial charge in [0.05, 0.1) is 21.2 Å². The monoisotopic (exact) mass is 663 g/mol.